The molecule has 1 fully saturated rings. The molecule has 1 rings (SSSR count). The highest BCUT2D eigenvalue weighted by Crippen LogP contribution is 2.07. The predicted octanol–water partition coefficient (Wildman–Crippen LogP) is 1.18. The predicted molar refractivity (Wildman–Crippen MR) is 40.6 cm³/mol. The summed E-state index contributed by atoms with van der Waals surface area (Å²) in [6, 6.07) is 0. The summed E-state index contributed by atoms with van der Waals surface area (Å²) in [6.07, 6.45) is 8.14. The molecule has 0 aromatic rings. The number of hydrogen-bond acceptors (Lipinski definition) is 2. The number of likely N-dealkylation sites (tertiary alicyclic amines) is 1. The Morgan fingerprint density at radius 2 is 1.80 bits per heavy atom. The Bertz CT molecular complexity index is 125. The van der Waals surface area contributed by atoms with Crippen molar-refractivity contribution in [3.8, 4) is 0 Å². The fraction of sp³-hybridized carbons (Fsp3) is 0.625. The average molecular weight is 139 g/mol. The minimum absolute atomic E-state index is 0.828. The highest BCUT2D eigenvalue weighted by Gasteiger charge is 2.03. The fourth-order valence-electron chi connectivity index (χ4n) is 1.22. The molecule has 1 heterocycles. The lowest BCUT2D eigenvalue weighted by Gasteiger charge is -2.24. The van der Waals surface area contributed by atoms with Gasteiger partial charge >= 0.3 is 0 Å². The van der Waals surface area contributed by atoms with Crippen LogP contribution in [0.4, 0.5) is 0 Å². The molecule has 0 saturated carbocycles. The van der Waals surface area contributed by atoms with Gasteiger partial charge in [0.05, 0.1) is 0 Å². The fourth-order valence-corrected chi connectivity index (χ4v) is 1.22. The van der Waals surface area contributed by atoms with Gasteiger partial charge in [0.25, 0.3) is 0 Å². The van der Waals surface area contributed by atoms with Crippen LogP contribution in [0.25, 0.3) is 0 Å². The molecule has 2 nitrogen and oxygen atoms in total. The van der Waals surface area contributed by atoms with Gasteiger partial charge in [-0.15, -0.1) is 0 Å². The van der Waals surface area contributed by atoms with Crippen molar-refractivity contribution >= 4 is 6.29 Å². The van der Waals surface area contributed by atoms with Gasteiger partial charge < -0.3 is 4.90 Å². The lowest BCUT2D eigenvalue weighted by molar-refractivity contribution is -0.104. The minimum atomic E-state index is 0.828. The third-order valence-corrected chi connectivity index (χ3v) is 1.77. The molecule has 0 radical (unpaired) electrons. The SMILES string of the molecule is O=C/C=C/N1CCCCC1. The summed E-state index contributed by atoms with van der Waals surface area (Å²) < 4.78 is 0. The number of rotatable bonds is 2. The number of piperidine rings is 1. The number of aldehydes is 1. The van der Waals surface area contributed by atoms with Crippen molar-refractivity contribution in [2.45, 2.75) is 19.3 Å². The van der Waals surface area contributed by atoms with Crippen molar-refractivity contribution in [2.75, 3.05) is 13.1 Å². The van der Waals surface area contributed by atoms with Crippen LogP contribution in [0.15, 0.2) is 12.3 Å². The first-order chi connectivity index (χ1) is 4.93. The van der Waals surface area contributed by atoms with Crippen molar-refractivity contribution in [2.24, 2.45) is 0 Å². The van der Waals surface area contributed by atoms with E-state index in [9.17, 15) is 4.79 Å². The zero-order chi connectivity index (χ0) is 7.23. The molecule has 0 N–H and O–H groups in total. The van der Waals surface area contributed by atoms with E-state index in [0.717, 1.165) is 19.4 Å². The second-order valence-corrected chi connectivity index (χ2v) is 2.57. The van der Waals surface area contributed by atoms with E-state index in [1.807, 2.05) is 6.20 Å². The summed E-state index contributed by atoms with van der Waals surface area (Å²) in [6.45, 7) is 2.23. The molecule has 1 aliphatic heterocycles. The molecule has 0 aliphatic carbocycles. The Morgan fingerprint density at radius 1 is 1.10 bits per heavy atom. The van der Waals surface area contributed by atoms with Crippen LogP contribution in [0.2, 0.25) is 0 Å². The maximum absolute atomic E-state index is 9.93. The zero-order valence-corrected chi connectivity index (χ0v) is 6.12. The van der Waals surface area contributed by atoms with Gasteiger partial charge in [0.15, 0.2) is 0 Å². The average Bonchev–Trinajstić information content (AvgIpc) is 2.03. The van der Waals surface area contributed by atoms with E-state index in [0.29, 0.717) is 0 Å². The quantitative estimate of drug-likeness (QED) is 0.423. The second-order valence-electron chi connectivity index (χ2n) is 2.57. The monoisotopic (exact) mass is 139 g/mol. The van der Waals surface area contributed by atoms with Gasteiger partial charge in [-0.2, -0.15) is 0 Å². The van der Waals surface area contributed by atoms with Crippen LogP contribution in [0.5, 0.6) is 0 Å². The van der Waals surface area contributed by atoms with Crippen molar-refractivity contribution < 1.29 is 4.79 Å². The molecule has 1 saturated heterocycles. The lowest BCUT2D eigenvalue weighted by atomic mass is 10.1. The van der Waals surface area contributed by atoms with Crippen molar-refractivity contribution in [3.63, 3.8) is 0 Å². The molecule has 0 aromatic carbocycles. The maximum Gasteiger partial charge on any atom is 0.144 e. The van der Waals surface area contributed by atoms with Crippen LogP contribution in [0, 0.1) is 0 Å². The summed E-state index contributed by atoms with van der Waals surface area (Å²) in [5, 5.41) is 0. The number of carbonyl (C=O) groups excluding carboxylic acids is 1. The molecule has 0 spiro atoms. The Hall–Kier alpha value is -0.790. The van der Waals surface area contributed by atoms with Crippen molar-refractivity contribution in [1.82, 2.24) is 4.90 Å². The molecule has 0 amide bonds. The summed E-state index contributed by atoms with van der Waals surface area (Å²) in [7, 11) is 0. The number of nitrogens with zero attached hydrogens (tertiary/aromatic N) is 1. The highest BCUT2D eigenvalue weighted by molar-refractivity contribution is 5.64. The van der Waals surface area contributed by atoms with Gasteiger partial charge in [-0.05, 0) is 25.3 Å². The van der Waals surface area contributed by atoms with Crippen LogP contribution in [0.3, 0.4) is 0 Å². The van der Waals surface area contributed by atoms with Crippen LogP contribution >= 0.6 is 0 Å². The number of allylic oxidation sites excluding steroid dienone is 1. The van der Waals surface area contributed by atoms with Crippen molar-refractivity contribution in [1.29, 1.82) is 0 Å². The Balaban J connectivity index is 2.25. The van der Waals surface area contributed by atoms with Crippen LogP contribution < -0.4 is 0 Å². The van der Waals surface area contributed by atoms with Gasteiger partial charge in [-0.25, -0.2) is 0 Å². The minimum Gasteiger partial charge on any atom is -0.377 e. The molecule has 0 atom stereocenters. The molecule has 2 heteroatoms. The summed E-state index contributed by atoms with van der Waals surface area (Å²) in [5.74, 6) is 0. The standard InChI is InChI=1S/C8H13NO/c10-8-4-7-9-5-2-1-3-6-9/h4,7-8H,1-3,5-6H2/b7-4+. The molecule has 56 valence electrons. The topological polar surface area (TPSA) is 20.3 Å². The van der Waals surface area contributed by atoms with E-state index in [2.05, 4.69) is 4.90 Å². The second kappa shape index (κ2) is 4.09. The van der Waals surface area contributed by atoms with Gasteiger partial charge in [-0.3, -0.25) is 4.79 Å². The van der Waals surface area contributed by atoms with Gasteiger partial charge in [-0.1, -0.05) is 0 Å². The first kappa shape index (κ1) is 7.32. The van der Waals surface area contributed by atoms with E-state index < -0.39 is 0 Å². The van der Waals surface area contributed by atoms with E-state index >= 15 is 0 Å². The lowest BCUT2D eigenvalue weighted by Crippen LogP contribution is -2.24. The van der Waals surface area contributed by atoms with Gasteiger partial charge in [0.2, 0.25) is 0 Å². The third kappa shape index (κ3) is 2.21. The normalized spacial score (nSPS) is 19.8. The van der Waals surface area contributed by atoms with Crippen molar-refractivity contribution in [3.05, 3.63) is 12.3 Å². The Morgan fingerprint density at radius 3 is 2.40 bits per heavy atom. The Labute approximate surface area is 61.5 Å². The molecule has 0 aromatic heterocycles. The number of hydrogen-bond donors (Lipinski definition) is 0. The summed E-state index contributed by atoms with van der Waals surface area (Å²) in [4.78, 5) is 12.1. The first-order valence-corrected chi connectivity index (χ1v) is 3.79. The summed E-state index contributed by atoms with van der Waals surface area (Å²) >= 11 is 0. The van der Waals surface area contributed by atoms with E-state index in [4.69, 9.17) is 0 Å². The molecule has 0 unspecified atom stereocenters. The van der Waals surface area contributed by atoms with Crippen LogP contribution in [-0.2, 0) is 4.79 Å². The van der Waals surface area contributed by atoms with Crippen LogP contribution in [-0.4, -0.2) is 24.3 Å². The van der Waals surface area contributed by atoms with E-state index in [1.165, 1.54) is 19.3 Å². The molecule has 1 aliphatic rings. The van der Waals surface area contributed by atoms with E-state index in [-0.39, 0.29) is 0 Å². The first-order valence-electron chi connectivity index (χ1n) is 3.79. The summed E-state index contributed by atoms with van der Waals surface area (Å²) in [5.41, 5.74) is 0. The van der Waals surface area contributed by atoms with Gasteiger partial charge in [0.1, 0.15) is 6.29 Å². The van der Waals surface area contributed by atoms with Crippen LogP contribution in [0.1, 0.15) is 19.3 Å². The molecule has 0 bridgehead atoms. The molecular weight excluding hydrogens is 126 g/mol. The number of carbonyl (C=O) groups is 1. The Kier molecular flexibility index (Phi) is 3.00. The molecule has 10 heavy (non-hydrogen) atoms. The van der Waals surface area contributed by atoms with E-state index in [1.54, 1.807) is 6.08 Å². The maximum atomic E-state index is 9.93. The largest absolute Gasteiger partial charge is 0.377 e. The zero-order valence-electron chi connectivity index (χ0n) is 6.12. The molecular formula is C8H13NO. The smallest absolute Gasteiger partial charge is 0.144 e. The highest BCUT2D eigenvalue weighted by atomic mass is 16.1. The third-order valence-electron chi connectivity index (χ3n) is 1.77. The van der Waals surface area contributed by atoms with Gasteiger partial charge in [0, 0.05) is 19.3 Å².